The van der Waals surface area contributed by atoms with E-state index < -0.39 is 6.04 Å². The number of carbonyl (C=O) groups excluding carboxylic acids is 2. The van der Waals surface area contributed by atoms with E-state index in [0.29, 0.717) is 17.1 Å². The van der Waals surface area contributed by atoms with Crippen LogP contribution >= 0.6 is 23.2 Å². The standard InChI is InChI=1S/C17H23Cl2N5O2/c1-24-7-5-10(6-8-24)21-17(26)15-13(9-20-23-15)22-16(25)11-3-2-4-12(18)14(11)19/h2-4,10,13,15,20,23H,5-9H2,1H3,(H,21,26)(H,22,25). The van der Waals surface area contributed by atoms with Gasteiger partial charge in [0.15, 0.2) is 0 Å². The first kappa shape index (κ1) is 19.4. The summed E-state index contributed by atoms with van der Waals surface area (Å²) >= 11 is 12.1. The molecule has 2 fully saturated rings. The van der Waals surface area contributed by atoms with Crippen LogP contribution in [0.2, 0.25) is 10.0 Å². The topological polar surface area (TPSA) is 85.5 Å². The largest absolute Gasteiger partial charge is 0.352 e. The van der Waals surface area contributed by atoms with Gasteiger partial charge in [0.2, 0.25) is 5.91 Å². The Balaban J connectivity index is 1.60. The molecule has 0 spiro atoms. The molecule has 0 saturated carbocycles. The monoisotopic (exact) mass is 399 g/mol. The number of hydrogen-bond acceptors (Lipinski definition) is 5. The summed E-state index contributed by atoms with van der Waals surface area (Å²) in [5.41, 5.74) is 6.17. The Labute approximate surface area is 162 Å². The average Bonchev–Trinajstić information content (AvgIpc) is 3.07. The maximum absolute atomic E-state index is 12.6. The fraction of sp³-hybridized carbons (Fsp3) is 0.529. The van der Waals surface area contributed by atoms with Gasteiger partial charge in [-0.3, -0.25) is 15.0 Å². The number of carbonyl (C=O) groups is 2. The maximum atomic E-state index is 12.6. The third-order valence-corrected chi connectivity index (χ3v) is 5.66. The van der Waals surface area contributed by atoms with Gasteiger partial charge in [0.05, 0.1) is 21.7 Å². The highest BCUT2D eigenvalue weighted by molar-refractivity contribution is 6.43. The first-order valence-corrected chi connectivity index (χ1v) is 9.43. The van der Waals surface area contributed by atoms with E-state index in [9.17, 15) is 9.59 Å². The van der Waals surface area contributed by atoms with E-state index in [-0.39, 0.29) is 28.9 Å². The lowest BCUT2D eigenvalue weighted by Gasteiger charge is -2.30. The summed E-state index contributed by atoms with van der Waals surface area (Å²) < 4.78 is 0. The second-order valence-electron chi connectivity index (χ2n) is 6.77. The van der Waals surface area contributed by atoms with Crippen LogP contribution in [0.5, 0.6) is 0 Å². The minimum absolute atomic E-state index is 0.118. The number of hydrazine groups is 1. The summed E-state index contributed by atoms with van der Waals surface area (Å²) in [6, 6.07) is 4.13. The van der Waals surface area contributed by atoms with Gasteiger partial charge in [-0.1, -0.05) is 29.3 Å². The molecular weight excluding hydrogens is 377 g/mol. The third kappa shape index (κ3) is 4.47. The van der Waals surface area contributed by atoms with Crippen molar-refractivity contribution in [3.05, 3.63) is 33.8 Å². The van der Waals surface area contributed by atoms with Crippen LogP contribution < -0.4 is 21.5 Å². The van der Waals surface area contributed by atoms with Gasteiger partial charge < -0.3 is 15.5 Å². The lowest BCUT2D eigenvalue weighted by Crippen LogP contribution is -2.56. The van der Waals surface area contributed by atoms with E-state index in [0.717, 1.165) is 25.9 Å². The van der Waals surface area contributed by atoms with E-state index in [1.54, 1.807) is 18.2 Å². The summed E-state index contributed by atoms with van der Waals surface area (Å²) in [5.74, 6) is -0.475. The van der Waals surface area contributed by atoms with Crippen molar-refractivity contribution in [1.29, 1.82) is 0 Å². The molecule has 2 amide bonds. The summed E-state index contributed by atoms with van der Waals surface area (Å²) in [4.78, 5) is 27.4. The molecule has 9 heteroatoms. The van der Waals surface area contributed by atoms with Crippen molar-refractivity contribution in [3.8, 4) is 0 Å². The third-order valence-electron chi connectivity index (χ3n) is 4.84. The molecule has 1 aromatic carbocycles. The molecule has 3 rings (SSSR count). The van der Waals surface area contributed by atoms with E-state index in [4.69, 9.17) is 23.2 Å². The Kier molecular flexibility index (Phi) is 6.37. The van der Waals surface area contributed by atoms with Crippen LogP contribution in [0.25, 0.3) is 0 Å². The first-order chi connectivity index (χ1) is 12.5. The fourth-order valence-corrected chi connectivity index (χ4v) is 3.64. The molecule has 0 bridgehead atoms. The van der Waals surface area contributed by atoms with Gasteiger partial charge in [0, 0.05) is 12.6 Å². The van der Waals surface area contributed by atoms with Crippen molar-refractivity contribution in [2.75, 3.05) is 26.7 Å². The molecule has 26 heavy (non-hydrogen) atoms. The molecule has 2 heterocycles. The van der Waals surface area contributed by atoms with Crippen LogP contribution in [0.1, 0.15) is 23.2 Å². The molecule has 2 aliphatic rings. The molecule has 0 radical (unpaired) electrons. The number of piperidine rings is 1. The number of rotatable bonds is 4. The first-order valence-electron chi connectivity index (χ1n) is 8.68. The van der Waals surface area contributed by atoms with Crippen molar-refractivity contribution in [1.82, 2.24) is 26.4 Å². The minimum Gasteiger partial charge on any atom is -0.352 e. The van der Waals surface area contributed by atoms with Crippen molar-refractivity contribution < 1.29 is 9.59 Å². The number of benzene rings is 1. The number of nitrogens with one attached hydrogen (secondary N) is 4. The molecule has 0 aromatic heterocycles. The van der Waals surface area contributed by atoms with Gasteiger partial charge in [-0.25, -0.2) is 5.43 Å². The minimum atomic E-state index is -0.545. The normalized spacial score (nSPS) is 24.4. The van der Waals surface area contributed by atoms with E-state index in [2.05, 4.69) is 33.4 Å². The zero-order chi connectivity index (χ0) is 18.7. The van der Waals surface area contributed by atoms with Crippen molar-refractivity contribution >= 4 is 35.0 Å². The lowest BCUT2D eigenvalue weighted by atomic mass is 10.0. The summed E-state index contributed by atoms with van der Waals surface area (Å²) in [6.45, 7) is 2.37. The van der Waals surface area contributed by atoms with Crippen LogP contribution in [-0.2, 0) is 4.79 Å². The Morgan fingerprint density at radius 2 is 1.92 bits per heavy atom. The van der Waals surface area contributed by atoms with Gasteiger partial charge in [-0.05, 0) is 45.1 Å². The second-order valence-corrected chi connectivity index (χ2v) is 7.56. The van der Waals surface area contributed by atoms with E-state index in [1.165, 1.54) is 0 Å². The van der Waals surface area contributed by atoms with Crippen LogP contribution in [-0.4, -0.2) is 61.5 Å². The zero-order valence-corrected chi connectivity index (χ0v) is 16.0. The van der Waals surface area contributed by atoms with Crippen LogP contribution in [0.4, 0.5) is 0 Å². The number of likely N-dealkylation sites (tertiary alicyclic amines) is 1. The number of hydrogen-bond donors (Lipinski definition) is 4. The van der Waals surface area contributed by atoms with Crippen LogP contribution in [0, 0.1) is 0 Å². The molecule has 4 N–H and O–H groups in total. The quantitative estimate of drug-likeness (QED) is 0.600. The summed E-state index contributed by atoms with van der Waals surface area (Å²) in [7, 11) is 2.08. The van der Waals surface area contributed by atoms with E-state index in [1.807, 2.05) is 0 Å². The Morgan fingerprint density at radius 1 is 1.19 bits per heavy atom. The fourth-order valence-electron chi connectivity index (χ4n) is 3.25. The van der Waals surface area contributed by atoms with Gasteiger partial charge in [0.25, 0.3) is 5.91 Å². The molecule has 2 aliphatic heterocycles. The van der Waals surface area contributed by atoms with Gasteiger partial charge in [-0.15, -0.1) is 0 Å². The van der Waals surface area contributed by atoms with Gasteiger partial charge in [0.1, 0.15) is 6.04 Å². The molecule has 142 valence electrons. The predicted octanol–water partition coefficient (Wildman–Crippen LogP) is 0.779. The molecule has 2 unspecified atom stereocenters. The Morgan fingerprint density at radius 3 is 2.65 bits per heavy atom. The lowest BCUT2D eigenvalue weighted by molar-refractivity contribution is -0.124. The highest BCUT2D eigenvalue weighted by atomic mass is 35.5. The van der Waals surface area contributed by atoms with Crippen LogP contribution in [0.3, 0.4) is 0 Å². The zero-order valence-electron chi connectivity index (χ0n) is 14.5. The molecular formula is C17H23Cl2N5O2. The van der Waals surface area contributed by atoms with E-state index >= 15 is 0 Å². The molecule has 2 atom stereocenters. The van der Waals surface area contributed by atoms with Gasteiger partial charge >= 0.3 is 0 Å². The molecule has 0 aliphatic carbocycles. The molecule has 2 saturated heterocycles. The SMILES string of the molecule is CN1CCC(NC(=O)C2NNCC2NC(=O)c2cccc(Cl)c2Cl)CC1. The Bertz CT molecular complexity index is 679. The van der Waals surface area contributed by atoms with Crippen molar-refractivity contribution in [2.45, 2.75) is 31.0 Å². The highest BCUT2D eigenvalue weighted by Gasteiger charge is 2.35. The van der Waals surface area contributed by atoms with Crippen LogP contribution in [0.15, 0.2) is 18.2 Å². The summed E-state index contributed by atoms with van der Waals surface area (Å²) in [6.07, 6.45) is 1.86. The average molecular weight is 400 g/mol. The maximum Gasteiger partial charge on any atom is 0.253 e. The number of amides is 2. The second kappa shape index (κ2) is 8.54. The molecule has 7 nitrogen and oxygen atoms in total. The highest BCUT2D eigenvalue weighted by Crippen LogP contribution is 2.25. The summed E-state index contributed by atoms with van der Waals surface area (Å²) in [5, 5.41) is 6.47. The van der Waals surface area contributed by atoms with Crippen molar-refractivity contribution in [3.63, 3.8) is 0 Å². The number of nitrogens with zero attached hydrogens (tertiary/aromatic N) is 1. The number of halogens is 2. The predicted molar refractivity (Wildman–Crippen MR) is 101 cm³/mol. The van der Waals surface area contributed by atoms with Crippen molar-refractivity contribution in [2.24, 2.45) is 0 Å². The molecule has 1 aromatic rings. The van der Waals surface area contributed by atoms with Gasteiger partial charge in [-0.2, -0.15) is 0 Å². The Hall–Kier alpha value is -1.38. The smallest absolute Gasteiger partial charge is 0.253 e.